The molecule has 0 bridgehead atoms. The van der Waals surface area contributed by atoms with E-state index in [9.17, 15) is 14.7 Å². The van der Waals surface area contributed by atoms with E-state index in [1.807, 2.05) is 42.5 Å². The predicted octanol–water partition coefficient (Wildman–Crippen LogP) is 0.752. The minimum atomic E-state index is -1.39. The average Bonchev–Trinajstić information content (AvgIpc) is 3.21. The summed E-state index contributed by atoms with van der Waals surface area (Å²) in [6, 6.07) is 15.8. The van der Waals surface area contributed by atoms with Crippen LogP contribution in [0.2, 0.25) is 0 Å². The SMILES string of the molecule is O=C(c1ccc(C2NNc3ccccc32)cc1)N1CCN(C(=O)C2(O)COC2)CC1. The van der Waals surface area contributed by atoms with Gasteiger partial charge in [-0.05, 0) is 29.3 Å². The number of benzene rings is 2. The van der Waals surface area contributed by atoms with Gasteiger partial charge in [0.05, 0.1) is 24.9 Å². The molecular formula is C22H24N4O4. The van der Waals surface area contributed by atoms with Crippen molar-refractivity contribution in [3.05, 3.63) is 65.2 Å². The van der Waals surface area contributed by atoms with Crippen molar-refractivity contribution < 1.29 is 19.4 Å². The monoisotopic (exact) mass is 408 g/mol. The summed E-state index contributed by atoms with van der Waals surface area (Å²) < 4.78 is 4.96. The maximum Gasteiger partial charge on any atom is 0.259 e. The number of aliphatic hydroxyl groups is 1. The van der Waals surface area contributed by atoms with Gasteiger partial charge in [0.15, 0.2) is 5.60 Å². The van der Waals surface area contributed by atoms with Crippen LogP contribution in [0.15, 0.2) is 48.5 Å². The molecule has 156 valence electrons. The van der Waals surface area contributed by atoms with Crippen molar-refractivity contribution in [1.82, 2.24) is 15.2 Å². The minimum Gasteiger partial charge on any atom is -0.376 e. The minimum absolute atomic E-state index is 0.0428. The number of hydrogen-bond donors (Lipinski definition) is 3. The average molecular weight is 408 g/mol. The van der Waals surface area contributed by atoms with Gasteiger partial charge in [0.2, 0.25) is 0 Å². The normalized spacial score (nSPS) is 22.1. The van der Waals surface area contributed by atoms with Gasteiger partial charge in [0, 0.05) is 31.7 Å². The third-order valence-electron chi connectivity index (χ3n) is 6.05. The van der Waals surface area contributed by atoms with Gasteiger partial charge in [-0.15, -0.1) is 0 Å². The van der Waals surface area contributed by atoms with E-state index in [1.54, 1.807) is 9.80 Å². The van der Waals surface area contributed by atoms with E-state index in [0.717, 1.165) is 11.3 Å². The maximum absolute atomic E-state index is 12.9. The molecule has 0 saturated carbocycles. The van der Waals surface area contributed by atoms with Crippen molar-refractivity contribution in [2.24, 2.45) is 0 Å². The van der Waals surface area contributed by atoms with Crippen LogP contribution in [0.1, 0.15) is 27.5 Å². The van der Waals surface area contributed by atoms with E-state index in [2.05, 4.69) is 16.9 Å². The molecule has 3 heterocycles. The van der Waals surface area contributed by atoms with Crippen molar-refractivity contribution in [3.8, 4) is 0 Å². The van der Waals surface area contributed by atoms with Crippen molar-refractivity contribution in [3.63, 3.8) is 0 Å². The Balaban J connectivity index is 1.22. The Morgan fingerprint density at radius 2 is 1.63 bits per heavy atom. The number of rotatable bonds is 3. The zero-order chi connectivity index (χ0) is 20.7. The summed E-state index contributed by atoms with van der Waals surface area (Å²) in [6.07, 6.45) is 0. The predicted molar refractivity (Wildman–Crippen MR) is 110 cm³/mol. The second-order valence-corrected chi connectivity index (χ2v) is 8.02. The first-order chi connectivity index (χ1) is 14.5. The number of piperazine rings is 1. The van der Waals surface area contributed by atoms with Gasteiger partial charge in [0.25, 0.3) is 11.8 Å². The highest BCUT2D eigenvalue weighted by atomic mass is 16.5. The Bertz CT molecular complexity index is 965. The molecule has 3 aliphatic rings. The zero-order valence-electron chi connectivity index (χ0n) is 16.5. The second-order valence-electron chi connectivity index (χ2n) is 8.02. The number of hydrazine groups is 1. The Kier molecular flexibility index (Phi) is 4.69. The first-order valence-electron chi connectivity index (χ1n) is 10.1. The molecule has 5 rings (SSSR count). The van der Waals surface area contributed by atoms with E-state index in [4.69, 9.17) is 4.74 Å². The number of ether oxygens (including phenoxy) is 1. The topological polar surface area (TPSA) is 94.1 Å². The van der Waals surface area contributed by atoms with Gasteiger partial charge < -0.3 is 25.1 Å². The lowest BCUT2D eigenvalue weighted by atomic mass is 9.98. The summed E-state index contributed by atoms with van der Waals surface area (Å²) in [5.41, 5.74) is 9.02. The molecule has 8 nitrogen and oxygen atoms in total. The Morgan fingerprint density at radius 1 is 0.967 bits per heavy atom. The van der Waals surface area contributed by atoms with Crippen molar-refractivity contribution in [2.45, 2.75) is 11.6 Å². The number of anilines is 1. The summed E-state index contributed by atoms with van der Waals surface area (Å²) >= 11 is 0. The van der Waals surface area contributed by atoms with Crippen molar-refractivity contribution in [1.29, 1.82) is 0 Å². The van der Waals surface area contributed by atoms with Gasteiger partial charge in [-0.25, -0.2) is 5.43 Å². The van der Waals surface area contributed by atoms with Crippen LogP contribution in [0.4, 0.5) is 5.69 Å². The molecule has 2 saturated heterocycles. The van der Waals surface area contributed by atoms with Gasteiger partial charge in [-0.2, -0.15) is 0 Å². The number of hydrogen-bond acceptors (Lipinski definition) is 6. The summed E-state index contributed by atoms with van der Waals surface area (Å²) in [7, 11) is 0. The molecule has 2 aromatic carbocycles. The molecule has 0 radical (unpaired) electrons. The molecule has 1 unspecified atom stereocenters. The number of carbonyl (C=O) groups is 2. The summed E-state index contributed by atoms with van der Waals surface area (Å²) in [5, 5.41) is 10.2. The zero-order valence-corrected chi connectivity index (χ0v) is 16.5. The van der Waals surface area contributed by atoms with Crippen LogP contribution in [0.5, 0.6) is 0 Å². The van der Waals surface area contributed by atoms with Crippen LogP contribution in [0.3, 0.4) is 0 Å². The van der Waals surface area contributed by atoms with Crippen LogP contribution in [-0.4, -0.2) is 71.7 Å². The lowest BCUT2D eigenvalue weighted by Crippen LogP contribution is -2.64. The molecule has 0 aliphatic carbocycles. The molecule has 8 heteroatoms. The lowest BCUT2D eigenvalue weighted by Gasteiger charge is -2.42. The Labute approximate surface area is 174 Å². The molecular weight excluding hydrogens is 384 g/mol. The number of para-hydroxylation sites is 1. The summed E-state index contributed by atoms with van der Waals surface area (Å²) in [6.45, 7) is 1.83. The molecule has 1 atom stereocenters. The summed E-state index contributed by atoms with van der Waals surface area (Å²) in [5.74, 6) is -0.347. The van der Waals surface area contributed by atoms with E-state index >= 15 is 0 Å². The molecule has 3 aliphatic heterocycles. The fraction of sp³-hybridized carbons (Fsp3) is 0.364. The van der Waals surface area contributed by atoms with Gasteiger partial charge in [0.1, 0.15) is 0 Å². The molecule has 30 heavy (non-hydrogen) atoms. The number of nitrogens with one attached hydrogen (secondary N) is 2. The lowest BCUT2D eigenvalue weighted by molar-refractivity contribution is -0.201. The van der Waals surface area contributed by atoms with Gasteiger partial charge in [-0.3, -0.25) is 9.59 Å². The number of carbonyl (C=O) groups excluding carboxylic acids is 2. The van der Waals surface area contributed by atoms with Crippen LogP contribution in [0.25, 0.3) is 0 Å². The largest absolute Gasteiger partial charge is 0.376 e. The van der Waals surface area contributed by atoms with E-state index in [1.165, 1.54) is 5.56 Å². The standard InChI is InChI=1S/C22H24N4O4/c27-20(25-9-11-26(12-10-25)21(28)22(29)13-30-14-22)16-7-5-15(6-8-16)19-17-3-1-2-4-18(17)23-24-19/h1-8,19,23-24,29H,9-14H2. The molecule has 2 aromatic rings. The Morgan fingerprint density at radius 3 is 2.30 bits per heavy atom. The fourth-order valence-electron chi connectivity index (χ4n) is 4.18. The molecule has 2 amide bonds. The van der Waals surface area contributed by atoms with Crippen molar-refractivity contribution in [2.75, 3.05) is 44.8 Å². The fourth-order valence-corrected chi connectivity index (χ4v) is 4.18. The highest BCUT2D eigenvalue weighted by Crippen LogP contribution is 2.32. The highest BCUT2D eigenvalue weighted by molar-refractivity contribution is 5.94. The second kappa shape index (κ2) is 7.39. The van der Waals surface area contributed by atoms with E-state index in [-0.39, 0.29) is 31.1 Å². The highest BCUT2D eigenvalue weighted by Gasteiger charge is 2.46. The quantitative estimate of drug-likeness (QED) is 0.694. The number of amides is 2. The third kappa shape index (κ3) is 3.23. The summed E-state index contributed by atoms with van der Waals surface area (Å²) in [4.78, 5) is 28.6. The molecule has 2 fully saturated rings. The first-order valence-corrected chi connectivity index (χ1v) is 10.1. The number of fused-ring (bicyclic) bond motifs is 1. The Hall–Kier alpha value is -2.94. The van der Waals surface area contributed by atoms with Crippen LogP contribution in [-0.2, 0) is 9.53 Å². The van der Waals surface area contributed by atoms with Crippen molar-refractivity contribution >= 4 is 17.5 Å². The van der Waals surface area contributed by atoms with Crippen LogP contribution >= 0.6 is 0 Å². The smallest absolute Gasteiger partial charge is 0.259 e. The third-order valence-corrected chi connectivity index (χ3v) is 6.05. The van der Waals surface area contributed by atoms with Crippen LogP contribution in [0, 0.1) is 0 Å². The molecule has 0 aromatic heterocycles. The maximum atomic E-state index is 12.9. The van der Waals surface area contributed by atoms with E-state index in [0.29, 0.717) is 31.7 Å². The molecule has 3 N–H and O–H groups in total. The van der Waals surface area contributed by atoms with Gasteiger partial charge >= 0.3 is 0 Å². The first kappa shape index (κ1) is 19.0. The van der Waals surface area contributed by atoms with Gasteiger partial charge in [-0.1, -0.05) is 30.3 Å². The van der Waals surface area contributed by atoms with E-state index < -0.39 is 5.60 Å². The number of nitrogens with zero attached hydrogens (tertiary/aromatic N) is 2. The van der Waals surface area contributed by atoms with Crippen LogP contribution < -0.4 is 10.9 Å². The molecule has 0 spiro atoms.